The van der Waals surface area contributed by atoms with E-state index >= 15 is 0 Å². The van der Waals surface area contributed by atoms with Crippen molar-refractivity contribution in [1.82, 2.24) is 10.6 Å². The minimum absolute atomic E-state index is 0.107. The molecule has 5 heteroatoms. The predicted octanol–water partition coefficient (Wildman–Crippen LogP) is 1.58. The van der Waals surface area contributed by atoms with E-state index in [0.717, 1.165) is 25.1 Å². The van der Waals surface area contributed by atoms with Gasteiger partial charge >= 0.3 is 6.09 Å². The Bertz CT molecular complexity index is 399. The van der Waals surface area contributed by atoms with Crippen LogP contribution in [0.3, 0.4) is 0 Å². The van der Waals surface area contributed by atoms with Crippen LogP contribution in [-0.4, -0.2) is 30.4 Å². The number of hydrogen-bond acceptors (Lipinski definition) is 3. The quantitative estimate of drug-likeness (QED) is 0.742. The molecule has 1 aliphatic rings. The first-order valence-electron chi connectivity index (χ1n) is 6.03. The Labute approximate surface area is 106 Å². The summed E-state index contributed by atoms with van der Waals surface area (Å²) < 4.78 is 5.09. The van der Waals surface area contributed by atoms with Crippen molar-refractivity contribution in [3.8, 4) is 5.75 Å². The highest BCUT2D eigenvalue weighted by atomic mass is 16.5. The van der Waals surface area contributed by atoms with E-state index in [9.17, 15) is 4.79 Å². The van der Waals surface area contributed by atoms with Crippen molar-refractivity contribution in [3.63, 3.8) is 0 Å². The second-order valence-electron chi connectivity index (χ2n) is 4.54. The molecule has 18 heavy (non-hydrogen) atoms. The van der Waals surface area contributed by atoms with Crippen LogP contribution in [-0.2, 0) is 6.54 Å². The Morgan fingerprint density at radius 1 is 1.33 bits per heavy atom. The average molecular weight is 250 g/mol. The van der Waals surface area contributed by atoms with Crippen LogP contribution in [0.25, 0.3) is 0 Å². The molecule has 1 fully saturated rings. The van der Waals surface area contributed by atoms with Gasteiger partial charge in [-0.05, 0) is 30.5 Å². The smallest absolute Gasteiger partial charge is 0.404 e. The van der Waals surface area contributed by atoms with E-state index in [1.54, 1.807) is 7.11 Å². The van der Waals surface area contributed by atoms with Crippen LogP contribution >= 0.6 is 0 Å². The van der Waals surface area contributed by atoms with Gasteiger partial charge in [0, 0.05) is 18.6 Å². The third-order valence-electron chi connectivity index (χ3n) is 3.22. The van der Waals surface area contributed by atoms with Gasteiger partial charge in [0.15, 0.2) is 0 Å². The van der Waals surface area contributed by atoms with Crippen LogP contribution in [0.15, 0.2) is 24.3 Å². The number of carbonyl (C=O) groups is 1. The van der Waals surface area contributed by atoms with E-state index in [1.165, 1.54) is 5.56 Å². The second kappa shape index (κ2) is 5.73. The summed E-state index contributed by atoms with van der Waals surface area (Å²) in [5.41, 5.74) is 1.20. The second-order valence-corrected chi connectivity index (χ2v) is 4.54. The average Bonchev–Trinajstić information content (AvgIpc) is 2.32. The molecule has 0 aromatic heterocycles. The van der Waals surface area contributed by atoms with Gasteiger partial charge in [-0.1, -0.05) is 12.1 Å². The molecule has 3 N–H and O–H groups in total. The van der Waals surface area contributed by atoms with Gasteiger partial charge in [0.2, 0.25) is 0 Å². The van der Waals surface area contributed by atoms with Crippen LogP contribution < -0.4 is 15.4 Å². The maximum atomic E-state index is 10.4. The van der Waals surface area contributed by atoms with E-state index in [1.807, 2.05) is 24.3 Å². The number of methoxy groups -OCH3 is 1. The number of ether oxygens (including phenoxy) is 1. The molecule has 1 amide bonds. The van der Waals surface area contributed by atoms with Gasteiger partial charge in [0.1, 0.15) is 5.75 Å². The number of carboxylic acid groups (broad SMARTS) is 1. The van der Waals surface area contributed by atoms with Crippen LogP contribution in [0.4, 0.5) is 4.79 Å². The van der Waals surface area contributed by atoms with Gasteiger partial charge in [-0.2, -0.15) is 0 Å². The molecule has 1 aromatic rings. The summed E-state index contributed by atoms with van der Waals surface area (Å²) in [6.07, 6.45) is 0.791. The third-order valence-corrected chi connectivity index (χ3v) is 3.22. The lowest BCUT2D eigenvalue weighted by Gasteiger charge is -2.35. The first kappa shape index (κ1) is 12.7. The lowest BCUT2D eigenvalue weighted by atomic mass is 9.87. The molecule has 1 aromatic carbocycles. The highest BCUT2D eigenvalue weighted by molar-refractivity contribution is 5.65. The molecule has 98 valence electrons. The normalized spacial score (nSPS) is 22.1. The SMILES string of the molecule is COc1ccc(CNC2CC(NC(=O)O)C2)cc1. The fourth-order valence-corrected chi connectivity index (χ4v) is 2.08. The molecule has 0 saturated heterocycles. The molecule has 0 spiro atoms. The van der Waals surface area contributed by atoms with Gasteiger partial charge in [-0.3, -0.25) is 0 Å². The number of benzene rings is 1. The molecule has 0 unspecified atom stereocenters. The fraction of sp³-hybridized carbons (Fsp3) is 0.462. The summed E-state index contributed by atoms with van der Waals surface area (Å²) in [6, 6.07) is 8.44. The Balaban J connectivity index is 1.68. The largest absolute Gasteiger partial charge is 0.497 e. The molecule has 2 rings (SSSR count). The van der Waals surface area contributed by atoms with E-state index < -0.39 is 6.09 Å². The molecule has 5 nitrogen and oxygen atoms in total. The summed E-state index contributed by atoms with van der Waals surface area (Å²) >= 11 is 0. The topological polar surface area (TPSA) is 70.6 Å². The van der Waals surface area contributed by atoms with E-state index in [2.05, 4.69) is 10.6 Å². The highest BCUT2D eigenvalue weighted by Crippen LogP contribution is 2.20. The molecule has 0 radical (unpaired) electrons. The van der Waals surface area contributed by atoms with Crippen molar-refractivity contribution in [2.45, 2.75) is 31.5 Å². The molecule has 0 heterocycles. The van der Waals surface area contributed by atoms with E-state index in [4.69, 9.17) is 9.84 Å². The van der Waals surface area contributed by atoms with Gasteiger partial charge in [0.25, 0.3) is 0 Å². The van der Waals surface area contributed by atoms with Crippen molar-refractivity contribution < 1.29 is 14.6 Å². The first-order chi connectivity index (χ1) is 8.67. The van der Waals surface area contributed by atoms with Gasteiger partial charge in [0.05, 0.1) is 7.11 Å². The van der Waals surface area contributed by atoms with E-state index in [0.29, 0.717) is 6.04 Å². The standard InChI is InChI=1S/C13H18N2O3/c1-18-12-4-2-9(3-5-12)8-14-10-6-11(7-10)15-13(16)17/h2-5,10-11,14-15H,6-8H2,1H3,(H,16,17). The maximum absolute atomic E-state index is 10.4. The molecule has 1 saturated carbocycles. The molecular formula is C13H18N2O3. The van der Waals surface area contributed by atoms with Crippen molar-refractivity contribution in [2.24, 2.45) is 0 Å². The Morgan fingerprint density at radius 2 is 2.00 bits per heavy atom. The molecule has 0 atom stereocenters. The van der Waals surface area contributed by atoms with Crippen LogP contribution in [0.5, 0.6) is 5.75 Å². The predicted molar refractivity (Wildman–Crippen MR) is 67.8 cm³/mol. The monoisotopic (exact) mass is 250 g/mol. The summed E-state index contributed by atoms with van der Waals surface area (Å²) in [5, 5.41) is 14.4. The summed E-state index contributed by atoms with van der Waals surface area (Å²) in [6.45, 7) is 0.800. The number of amides is 1. The van der Waals surface area contributed by atoms with Crippen molar-refractivity contribution in [2.75, 3.05) is 7.11 Å². The van der Waals surface area contributed by atoms with Crippen molar-refractivity contribution in [1.29, 1.82) is 0 Å². The van der Waals surface area contributed by atoms with E-state index in [-0.39, 0.29) is 6.04 Å². The lowest BCUT2D eigenvalue weighted by molar-refractivity contribution is 0.173. The van der Waals surface area contributed by atoms with Gasteiger partial charge < -0.3 is 20.5 Å². The van der Waals surface area contributed by atoms with Gasteiger partial charge in [-0.15, -0.1) is 0 Å². The van der Waals surface area contributed by atoms with Gasteiger partial charge in [-0.25, -0.2) is 4.79 Å². The molecule has 1 aliphatic carbocycles. The highest BCUT2D eigenvalue weighted by Gasteiger charge is 2.29. The number of nitrogens with one attached hydrogen (secondary N) is 2. The Kier molecular flexibility index (Phi) is 4.04. The Morgan fingerprint density at radius 3 is 2.56 bits per heavy atom. The van der Waals surface area contributed by atoms with Crippen LogP contribution in [0.2, 0.25) is 0 Å². The fourth-order valence-electron chi connectivity index (χ4n) is 2.08. The zero-order valence-electron chi connectivity index (χ0n) is 10.3. The zero-order valence-corrected chi connectivity index (χ0v) is 10.3. The van der Waals surface area contributed by atoms with Crippen molar-refractivity contribution in [3.05, 3.63) is 29.8 Å². The van der Waals surface area contributed by atoms with Crippen LogP contribution in [0, 0.1) is 0 Å². The number of hydrogen-bond donors (Lipinski definition) is 3. The maximum Gasteiger partial charge on any atom is 0.404 e. The summed E-state index contributed by atoms with van der Waals surface area (Å²) in [5.74, 6) is 0.855. The van der Waals surface area contributed by atoms with Crippen molar-refractivity contribution >= 4 is 6.09 Å². The van der Waals surface area contributed by atoms with Crippen LogP contribution in [0.1, 0.15) is 18.4 Å². The molecular weight excluding hydrogens is 232 g/mol. The lowest BCUT2D eigenvalue weighted by Crippen LogP contribution is -2.51. The summed E-state index contributed by atoms with van der Waals surface area (Å²) in [4.78, 5) is 10.4. The zero-order chi connectivity index (χ0) is 13.0. The summed E-state index contributed by atoms with van der Waals surface area (Å²) in [7, 11) is 1.65. The minimum Gasteiger partial charge on any atom is -0.497 e. The molecule has 0 aliphatic heterocycles. The number of rotatable bonds is 5. The first-order valence-corrected chi connectivity index (χ1v) is 6.03. The Hall–Kier alpha value is -1.75. The molecule has 0 bridgehead atoms. The minimum atomic E-state index is -0.936. The third kappa shape index (κ3) is 3.37.